The van der Waals surface area contributed by atoms with Crippen molar-refractivity contribution in [1.82, 2.24) is 24.0 Å². The molecule has 0 atom stereocenters. The first-order chi connectivity index (χ1) is 10.0. The van der Waals surface area contributed by atoms with Crippen LogP contribution in [-0.2, 0) is 10.0 Å². The van der Waals surface area contributed by atoms with Crippen LogP contribution in [0.1, 0.15) is 33.1 Å². The standard InChI is InChI=1S/C12H21N5O3S/c1-3-15(4-2)12(18)17-10-13-11(14-17)21(19,20)16-8-6-5-7-9-16/h10H,3-9H2,1-2H3. The van der Waals surface area contributed by atoms with Gasteiger partial charge in [0, 0.05) is 26.2 Å². The molecule has 1 saturated heterocycles. The van der Waals surface area contributed by atoms with E-state index in [9.17, 15) is 13.2 Å². The van der Waals surface area contributed by atoms with Crippen molar-refractivity contribution in [2.75, 3.05) is 26.2 Å². The second-order valence-corrected chi connectivity index (χ2v) is 6.72. The molecule has 1 aromatic heterocycles. The number of sulfonamides is 1. The molecule has 0 aromatic carbocycles. The number of carbonyl (C=O) groups excluding carboxylic acids is 1. The zero-order valence-electron chi connectivity index (χ0n) is 12.4. The van der Waals surface area contributed by atoms with E-state index in [1.807, 2.05) is 13.8 Å². The molecule has 0 unspecified atom stereocenters. The molecule has 1 aliphatic heterocycles. The van der Waals surface area contributed by atoms with Crippen molar-refractivity contribution in [3.8, 4) is 0 Å². The van der Waals surface area contributed by atoms with Crippen molar-refractivity contribution in [3.05, 3.63) is 6.33 Å². The van der Waals surface area contributed by atoms with Crippen LogP contribution >= 0.6 is 0 Å². The van der Waals surface area contributed by atoms with E-state index in [1.54, 1.807) is 4.90 Å². The van der Waals surface area contributed by atoms with E-state index < -0.39 is 10.0 Å². The highest BCUT2D eigenvalue weighted by atomic mass is 32.2. The molecule has 0 radical (unpaired) electrons. The number of nitrogens with zero attached hydrogens (tertiary/aromatic N) is 5. The highest BCUT2D eigenvalue weighted by Crippen LogP contribution is 2.17. The van der Waals surface area contributed by atoms with Crippen LogP contribution in [0.25, 0.3) is 0 Å². The number of amides is 1. The van der Waals surface area contributed by atoms with E-state index >= 15 is 0 Å². The number of hydrogen-bond acceptors (Lipinski definition) is 5. The number of hydrogen-bond donors (Lipinski definition) is 0. The molecule has 0 saturated carbocycles. The maximum absolute atomic E-state index is 12.4. The molecule has 2 rings (SSSR count). The van der Waals surface area contributed by atoms with Gasteiger partial charge in [0.25, 0.3) is 15.2 Å². The zero-order valence-corrected chi connectivity index (χ0v) is 13.2. The lowest BCUT2D eigenvalue weighted by Crippen LogP contribution is -2.37. The van der Waals surface area contributed by atoms with Crippen molar-refractivity contribution in [3.63, 3.8) is 0 Å². The van der Waals surface area contributed by atoms with Crippen LogP contribution in [0.4, 0.5) is 4.79 Å². The van der Waals surface area contributed by atoms with Crippen molar-refractivity contribution in [1.29, 1.82) is 0 Å². The highest BCUT2D eigenvalue weighted by molar-refractivity contribution is 7.88. The number of aromatic nitrogens is 3. The van der Waals surface area contributed by atoms with Gasteiger partial charge < -0.3 is 4.90 Å². The molecule has 0 spiro atoms. The van der Waals surface area contributed by atoms with Crippen LogP contribution in [-0.4, -0.2) is 64.6 Å². The summed E-state index contributed by atoms with van der Waals surface area (Å²) in [6, 6.07) is -0.368. The fourth-order valence-electron chi connectivity index (χ4n) is 2.32. The molecule has 0 bridgehead atoms. The molecule has 1 fully saturated rings. The molecular weight excluding hydrogens is 294 g/mol. The predicted molar refractivity (Wildman–Crippen MR) is 76.3 cm³/mol. The molecule has 1 amide bonds. The van der Waals surface area contributed by atoms with Crippen molar-refractivity contribution in [2.45, 2.75) is 38.3 Å². The predicted octanol–water partition coefficient (Wildman–Crippen LogP) is 0.763. The Kier molecular flexibility index (Phi) is 4.94. The quantitative estimate of drug-likeness (QED) is 0.818. The Morgan fingerprint density at radius 2 is 1.86 bits per heavy atom. The van der Waals surface area contributed by atoms with E-state index in [4.69, 9.17) is 0 Å². The first-order valence-electron chi connectivity index (χ1n) is 7.21. The molecule has 118 valence electrons. The average Bonchev–Trinajstić information content (AvgIpc) is 3.00. The van der Waals surface area contributed by atoms with Gasteiger partial charge in [-0.3, -0.25) is 0 Å². The maximum Gasteiger partial charge on any atom is 0.346 e. The van der Waals surface area contributed by atoms with Gasteiger partial charge in [-0.15, -0.1) is 5.10 Å². The monoisotopic (exact) mass is 315 g/mol. The Morgan fingerprint density at radius 1 is 1.24 bits per heavy atom. The van der Waals surface area contributed by atoms with Crippen molar-refractivity contribution < 1.29 is 13.2 Å². The van der Waals surface area contributed by atoms with Crippen LogP contribution < -0.4 is 0 Å². The van der Waals surface area contributed by atoms with E-state index in [2.05, 4.69) is 10.1 Å². The molecule has 1 aromatic rings. The number of piperidine rings is 1. The average molecular weight is 315 g/mol. The fraction of sp³-hybridized carbons (Fsp3) is 0.750. The van der Waals surface area contributed by atoms with Crippen LogP contribution in [0.15, 0.2) is 11.5 Å². The van der Waals surface area contributed by atoms with E-state index in [0.717, 1.165) is 30.3 Å². The van der Waals surface area contributed by atoms with Gasteiger partial charge in [-0.25, -0.2) is 18.2 Å². The summed E-state index contributed by atoms with van der Waals surface area (Å²) < 4.78 is 27.2. The third-order valence-corrected chi connectivity index (χ3v) is 5.28. The van der Waals surface area contributed by atoms with Crippen LogP contribution in [0.3, 0.4) is 0 Å². The zero-order chi connectivity index (χ0) is 15.5. The maximum atomic E-state index is 12.4. The summed E-state index contributed by atoms with van der Waals surface area (Å²) in [5.74, 6) is 0. The molecule has 21 heavy (non-hydrogen) atoms. The summed E-state index contributed by atoms with van der Waals surface area (Å²) in [5, 5.41) is 3.56. The number of rotatable bonds is 4. The molecule has 0 aliphatic carbocycles. The molecule has 1 aliphatic rings. The van der Waals surface area contributed by atoms with Crippen LogP contribution in [0.2, 0.25) is 0 Å². The smallest absolute Gasteiger partial charge is 0.323 e. The van der Waals surface area contributed by atoms with E-state index in [0.29, 0.717) is 26.2 Å². The summed E-state index contributed by atoms with van der Waals surface area (Å²) in [6.07, 6.45) is 3.89. The Balaban J connectivity index is 2.20. The normalized spacial score (nSPS) is 16.9. The summed E-state index contributed by atoms with van der Waals surface area (Å²) in [7, 11) is -3.69. The second-order valence-electron chi connectivity index (χ2n) is 4.89. The fourth-order valence-corrected chi connectivity index (χ4v) is 3.66. The van der Waals surface area contributed by atoms with Gasteiger partial charge in [0.05, 0.1) is 0 Å². The third-order valence-electron chi connectivity index (χ3n) is 3.59. The molecular formula is C12H21N5O3S. The van der Waals surface area contributed by atoms with Crippen LogP contribution in [0.5, 0.6) is 0 Å². The molecule has 8 nitrogen and oxygen atoms in total. The molecule has 0 N–H and O–H groups in total. The minimum absolute atomic E-state index is 0.301. The van der Waals surface area contributed by atoms with Gasteiger partial charge in [-0.2, -0.15) is 8.99 Å². The lowest BCUT2D eigenvalue weighted by Gasteiger charge is -2.24. The lowest BCUT2D eigenvalue weighted by molar-refractivity contribution is 0.201. The van der Waals surface area contributed by atoms with E-state index in [-0.39, 0.29) is 11.2 Å². The number of carbonyl (C=O) groups is 1. The van der Waals surface area contributed by atoms with Gasteiger partial charge in [-0.1, -0.05) is 6.42 Å². The van der Waals surface area contributed by atoms with E-state index in [1.165, 1.54) is 4.31 Å². The van der Waals surface area contributed by atoms with Gasteiger partial charge in [0.2, 0.25) is 0 Å². The topological polar surface area (TPSA) is 88.4 Å². The minimum atomic E-state index is -3.69. The summed E-state index contributed by atoms with van der Waals surface area (Å²) in [4.78, 5) is 17.5. The minimum Gasteiger partial charge on any atom is -0.323 e. The van der Waals surface area contributed by atoms with Crippen molar-refractivity contribution in [2.24, 2.45) is 0 Å². The molecule has 2 heterocycles. The second kappa shape index (κ2) is 6.52. The first-order valence-corrected chi connectivity index (χ1v) is 8.65. The van der Waals surface area contributed by atoms with Gasteiger partial charge in [0.15, 0.2) is 0 Å². The van der Waals surface area contributed by atoms with Gasteiger partial charge in [-0.05, 0) is 26.7 Å². The highest BCUT2D eigenvalue weighted by Gasteiger charge is 2.30. The Labute approximate surface area is 124 Å². The Morgan fingerprint density at radius 3 is 2.43 bits per heavy atom. The largest absolute Gasteiger partial charge is 0.346 e. The Hall–Kier alpha value is -1.48. The first kappa shape index (κ1) is 15.9. The summed E-state index contributed by atoms with van der Waals surface area (Å²) >= 11 is 0. The Bertz CT molecular complexity index is 588. The lowest BCUT2D eigenvalue weighted by atomic mass is 10.2. The third kappa shape index (κ3) is 3.24. The SMILES string of the molecule is CCN(CC)C(=O)n1cnc(S(=O)(=O)N2CCCCC2)n1. The summed E-state index contributed by atoms with van der Waals surface area (Å²) in [5.41, 5.74) is 0. The van der Waals surface area contributed by atoms with Crippen LogP contribution in [0, 0.1) is 0 Å². The van der Waals surface area contributed by atoms with Gasteiger partial charge in [0.1, 0.15) is 6.33 Å². The van der Waals surface area contributed by atoms with Gasteiger partial charge >= 0.3 is 6.03 Å². The summed E-state index contributed by atoms with van der Waals surface area (Å²) in [6.45, 7) is 5.74. The molecule has 9 heteroatoms. The van der Waals surface area contributed by atoms with Crippen molar-refractivity contribution >= 4 is 16.1 Å².